The van der Waals surface area contributed by atoms with E-state index in [1.807, 2.05) is 0 Å². The van der Waals surface area contributed by atoms with E-state index in [2.05, 4.69) is 35.9 Å². The van der Waals surface area contributed by atoms with Crippen LogP contribution in [0.3, 0.4) is 0 Å². The van der Waals surface area contributed by atoms with Crippen LogP contribution in [-0.2, 0) is 11.2 Å². The minimum absolute atomic E-state index is 0. The minimum Gasteiger partial charge on any atom is -0.351 e. The van der Waals surface area contributed by atoms with Gasteiger partial charge in [0.15, 0.2) is 0 Å². The lowest BCUT2D eigenvalue weighted by Crippen LogP contribution is -2.56. The van der Waals surface area contributed by atoms with Gasteiger partial charge < -0.3 is 10.6 Å². The van der Waals surface area contributed by atoms with Gasteiger partial charge in [-0.05, 0) is 62.1 Å². The highest BCUT2D eigenvalue weighted by molar-refractivity contribution is 7.10. The van der Waals surface area contributed by atoms with Crippen molar-refractivity contribution in [1.29, 1.82) is 0 Å². The Morgan fingerprint density at radius 3 is 2.95 bits per heavy atom. The highest BCUT2D eigenvalue weighted by Crippen LogP contribution is 2.35. The summed E-state index contributed by atoms with van der Waals surface area (Å²) in [5, 5.41) is 8.92. The first kappa shape index (κ1) is 16.8. The zero-order chi connectivity index (χ0) is 14.1. The molecule has 5 heteroatoms. The number of thiophene rings is 1. The van der Waals surface area contributed by atoms with Crippen LogP contribution in [0.5, 0.6) is 0 Å². The predicted molar refractivity (Wildman–Crippen MR) is 90.4 cm³/mol. The molecule has 0 spiro atoms. The van der Waals surface area contributed by atoms with Crippen LogP contribution in [-0.4, -0.2) is 24.5 Å². The smallest absolute Gasteiger partial charge is 0.227 e. The quantitative estimate of drug-likeness (QED) is 0.876. The van der Waals surface area contributed by atoms with E-state index in [1.54, 1.807) is 11.3 Å². The lowest BCUT2D eigenvalue weighted by molar-refractivity contribution is -0.124. The van der Waals surface area contributed by atoms with Crippen molar-refractivity contribution >= 4 is 29.7 Å². The van der Waals surface area contributed by atoms with Gasteiger partial charge in [-0.3, -0.25) is 4.79 Å². The second kappa shape index (κ2) is 7.12. The molecule has 1 aliphatic carbocycles. The van der Waals surface area contributed by atoms with Gasteiger partial charge in [0.05, 0.1) is 5.92 Å². The Hall–Kier alpha value is -0.580. The number of hydrogen-bond donors (Lipinski definition) is 2. The summed E-state index contributed by atoms with van der Waals surface area (Å²) in [6.07, 6.45) is 4.43. The molecule has 4 atom stereocenters. The Morgan fingerprint density at radius 2 is 2.19 bits per heavy atom. The number of carbonyl (C=O) groups excluding carboxylic acids is 1. The number of piperidine rings is 1. The second-order valence-electron chi connectivity index (χ2n) is 6.29. The highest BCUT2D eigenvalue weighted by atomic mass is 35.5. The largest absolute Gasteiger partial charge is 0.351 e. The number of fused-ring (bicyclic) bond motifs is 1. The van der Waals surface area contributed by atoms with Gasteiger partial charge in [0.25, 0.3) is 0 Å². The van der Waals surface area contributed by atoms with E-state index in [1.165, 1.54) is 10.4 Å². The van der Waals surface area contributed by atoms with E-state index in [4.69, 9.17) is 0 Å². The monoisotopic (exact) mass is 328 g/mol. The third kappa shape index (κ3) is 3.43. The molecular weight excluding hydrogens is 304 g/mol. The van der Waals surface area contributed by atoms with Crippen molar-refractivity contribution in [2.45, 2.75) is 57.5 Å². The first-order chi connectivity index (χ1) is 9.66. The van der Waals surface area contributed by atoms with Gasteiger partial charge in [0.1, 0.15) is 0 Å². The average molecular weight is 329 g/mol. The van der Waals surface area contributed by atoms with E-state index >= 15 is 0 Å². The van der Waals surface area contributed by atoms with Crippen molar-refractivity contribution in [3.05, 3.63) is 21.9 Å². The van der Waals surface area contributed by atoms with Crippen LogP contribution in [0.1, 0.15) is 49.5 Å². The van der Waals surface area contributed by atoms with Gasteiger partial charge in [-0.25, -0.2) is 0 Å². The maximum Gasteiger partial charge on any atom is 0.227 e. The summed E-state index contributed by atoms with van der Waals surface area (Å²) in [5.74, 6) is 0.865. The van der Waals surface area contributed by atoms with Crippen LogP contribution in [0.4, 0.5) is 0 Å². The minimum atomic E-state index is 0. The number of amides is 1. The maximum atomic E-state index is 12.7. The first-order valence-corrected chi connectivity index (χ1v) is 8.65. The van der Waals surface area contributed by atoms with Gasteiger partial charge in [-0.15, -0.1) is 23.7 Å². The van der Waals surface area contributed by atoms with Crippen LogP contribution < -0.4 is 10.6 Å². The molecule has 2 aliphatic rings. The van der Waals surface area contributed by atoms with Crippen LogP contribution in [0.25, 0.3) is 0 Å². The van der Waals surface area contributed by atoms with Crippen LogP contribution in [0.2, 0.25) is 0 Å². The fourth-order valence-corrected chi connectivity index (χ4v) is 4.62. The van der Waals surface area contributed by atoms with Gasteiger partial charge in [-0.1, -0.05) is 6.92 Å². The number of aryl methyl sites for hydroxylation is 1. The molecule has 1 amide bonds. The fourth-order valence-electron chi connectivity index (χ4n) is 3.63. The fraction of sp³-hybridized carbons (Fsp3) is 0.688. The molecule has 0 aromatic carbocycles. The van der Waals surface area contributed by atoms with E-state index in [0.717, 1.165) is 32.2 Å². The summed E-state index contributed by atoms with van der Waals surface area (Å²) in [7, 11) is 0. The Kier molecular flexibility index (Phi) is 5.69. The van der Waals surface area contributed by atoms with Crippen molar-refractivity contribution in [2.75, 3.05) is 6.54 Å². The van der Waals surface area contributed by atoms with Crippen molar-refractivity contribution in [2.24, 2.45) is 5.92 Å². The number of carbonyl (C=O) groups is 1. The number of rotatable bonds is 2. The van der Waals surface area contributed by atoms with Crippen molar-refractivity contribution in [1.82, 2.24) is 10.6 Å². The number of hydrogen-bond acceptors (Lipinski definition) is 3. The molecule has 1 aromatic heterocycles. The van der Waals surface area contributed by atoms with Gasteiger partial charge in [0.2, 0.25) is 5.91 Å². The molecule has 118 valence electrons. The summed E-state index contributed by atoms with van der Waals surface area (Å²) in [6, 6.07) is 2.78. The van der Waals surface area contributed by atoms with Gasteiger partial charge >= 0.3 is 0 Å². The van der Waals surface area contributed by atoms with Crippen molar-refractivity contribution < 1.29 is 4.79 Å². The molecule has 1 aliphatic heterocycles. The third-order valence-electron chi connectivity index (χ3n) is 4.90. The Bertz CT molecular complexity index is 480. The Labute approximate surface area is 137 Å². The normalized spacial score (nSPS) is 31.9. The number of nitrogens with one attached hydrogen (secondary N) is 2. The molecule has 1 aromatic rings. The standard InChI is InChI=1S/C16H24N2OS.ClH/c1-10-6-8-17-11(2)15(10)18-16(19)13-4-3-5-14-12(13)7-9-20-14;/h7,9-11,13,15,17H,3-6,8H2,1-2H3,(H,18,19);1H. The predicted octanol–water partition coefficient (Wildman–Crippen LogP) is 3.09. The lowest BCUT2D eigenvalue weighted by Gasteiger charge is -2.37. The summed E-state index contributed by atoms with van der Waals surface area (Å²) < 4.78 is 0. The van der Waals surface area contributed by atoms with Gasteiger partial charge in [0, 0.05) is 17.0 Å². The Balaban J connectivity index is 0.00000161. The molecule has 2 heterocycles. The average Bonchev–Trinajstić information content (AvgIpc) is 2.91. The first-order valence-electron chi connectivity index (χ1n) is 7.77. The van der Waals surface area contributed by atoms with Crippen LogP contribution in [0, 0.1) is 5.92 Å². The SMILES string of the molecule is CC1CCNC(C)C1NC(=O)C1CCCc2sccc21.Cl. The molecule has 2 N–H and O–H groups in total. The second-order valence-corrected chi connectivity index (χ2v) is 7.29. The van der Waals surface area contributed by atoms with E-state index < -0.39 is 0 Å². The van der Waals surface area contributed by atoms with Gasteiger partial charge in [-0.2, -0.15) is 0 Å². The van der Waals surface area contributed by atoms with Crippen molar-refractivity contribution in [3.8, 4) is 0 Å². The molecule has 1 saturated heterocycles. The number of halogens is 1. The molecule has 3 rings (SSSR count). The molecule has 1 fully saturated rings. The zero-order valence-electron chi connectivity index (χ0n) is 12.7. The van der Waals surface area contributed by atoms with E-state index in [9.17, 15) is 4.79 Å². The van der Waals surface area contributed by atoms with Crippen molar-refractivity contribution in [3.63, 3.8) is 0 Å². The van der Waals surface area contributed by atoms with E-state index in [0.29, 0.717) is 12.0 Å². The molecule has 0 radical (unpaired) electrons. The Morgan fingerprint density at radius 1 is 1.38 bits per heavy atom. The van der Waals surface area contributed by atoms with E-state index in [-0.39, 0.29) is 30.3 Å². The lowest BCUT2D eigenvalue weighted by atomic mass is 9.85. The molecule has 0 saturated carbocycles. The molecule has 0 bridgehead atoms. The van der Waals surface area contributed by atoms with Crippen LogP contribution >= 0.6 is 23.7 Å². The molecular formula is C16H25ClN2OS. The summed E-state index contributed by atoms with van der Waals surface area (Å²) in [4.78, 5) is 14.1. The maximum absolute atomic E-state index is 12.7. The summed E-state index contributed by atoms with van der Waals surface area (Å²) in [5.41, 5.74) is 1.28. The summed E-state index contributed by atoms with van der Waals surface area (Å²) in [6.45, 7) is 5.49. The zero-order valence-corrected chi connectivity index (χ0v) is 14.4. The summed E-state index contributed by atoms with van der Waals surface area (Å²) >= 11 is 1.80. The topological polar surface area (TPSA) is 41.1 Å². The molecule has 3 nitrogen and oxygen atoms in total. The molecule has 21 heavy (non-hydrogen) atoms. The van der Waals surface area contributed by atoms with Crippen LogP contribution in [0.15, 0.2) is 11.4 Å². The third-order valence-corrected chi connectivity index (χ3v) is 5.89. The molecule has 4 unspecified atom stereocenters. The highest BCUT2D eigenvalue weighted by Gasteiger charge is 2.33.